The van der Waals surface area contributed by atoms with Crippen molar-refractivity contribution in [3.05, 3.63) is 39.7 Å². The topological polar surface area (TPSA) is 86.0 Å². The number of esters is 1. The smallest absolute Gasteiger partial charge is 0.336 e. The number of aryl methyl sites for hydroxylation is 2. The maximum absolute atomic E-state index is 12.5. The fraction of sp³-hybridized carbons (Fsp3) is 0.476. The monoisotopic (exact) mass is 387 g/mol. The number of amides is 1. The minimum atomic E-state index is -0.411. The van der Waals surface area contributed by atoms with Gasteiger partial charge in [-0.25, -0.2) is 4.79 Å². The molecule has 1 aromatic carbocycles. The summed E-state index contributed by atoms with van der Waals surface area (Å²) in [7, 11) is 0. The van der Waals surface area contributed by atoms with Gasteiger partial charge in [0.25, 0.3) is 5.91 Å². The molecule has 1 amide bonds. The molecule has 0 aliphatic carbocycles. The van der Waals surface area contributed by atoms with E-state index in [1.807, 2.05) is 13.0 Å². The molecule has 0 radical (unpaired) electrons. The van der Waals surface area contributed by atoms with Crippen LogP contribution in [-0.4, -0.2) is 43.1 Å². The highest BCUT2D eigenvalue weighted by Crippen LogP contribution is 2.28. The number of ether oxygens (including phenoxy) is 2. The molecule has 0 atom stereocenters. The highest BCUT2D eigenvalue weighted by Gasteiger charge is 2.28. The molecule has 2 aromatic rings. The lowest BCUT2D eigenvalue weighted by atomic mass is 9.97. The second-order valence-electron chi connectivity index (χ2n) is 7.01. The molecule has 1 aliphatic rings. The first-order valence-electron chi connectivity index (χ1n) is 9.52. The van der Waals surface area contributed by atoms with Crippen molar-refractivity contribution in [2.24, 2.45) is 5.92 Å². The average molecular weight is 387 g/mol. The van der Waals surface area contributed by atoms with Gasteiger partial charge in [-0.05, 0) is 51.3 Å². The second kappa shape index (κ2) is 8.46. The standard InChI is InChI=1S/C21H25NO6/c1-4-26-21(25)15-7-9-22(10-8-15)18(23)12-27-17-6-5-16-13(2)11-19(24)28-20(16)14(17)3/h5-6,11,15H,4,7-10,12H2,1-3H3. The van der Waals surface area contributed by atoms with Crippen LogP contribution in [0.15, 0.2) is 27.4 Å². The number of rotatable bonds is 5. The third-order valence-electron chi connectivity index (χ3n) is 5.14. The lowest BCUT2D eigenvalue weighted by Gasteiger charge is -2.30. The van der Waals surface area contributed by atoms with Crippen LogP contribution in [0.1, 0.15) is 30.9 Å². The van der Waals surface area contributed by atoms with Gasteiger partial charge in [0, 0.05) is 30.1 Å². The molecule has 1 fully saturated rings. The second-order valence-corrected chi connectivity index (χ2v) is 7.01. The summed E-state index contributed by atoms with van der Waals surface area (Å²) in [5.74, 6) is 0.0525. The number of nitrogens with zero attached hydrogens (tertiary/aromatic N) is 1. The molecular weight excluding hydrogens is 362 g/mol. The molecule has 2 heterocycles. The Kier molecular flexibility index (Phi) is 6.02. The average Bonchev–Trinajstić information content (AvgIpc) is 2.68. The molecule has 0 N–H and O–H groups in total. The number of fused-ring (bicyclic) bond motifs is 1. The molecule has 3 rings (SSSR count). The number of hydrogen-bond donors (Lipinski definition) is 0. The molecular formula is C21H25NO6. The van der Waals surface area contributed by atoms with Crippen molar-refractivity contribution in [2.45, 2.75) is 33.6 Å². The Labute approximate surface area is 163 Å². The van der Waals surface area contributed by atoms with E-state index >= 15 is 0 Å². The molecule has 0 unspecified atom stereocenters. The zero-order valence-corrected chi connectivity index (χ0v) is 16.4. The molecule has 150 valence electrons. The largest absolute Gasteiger partial charge is 0.483 e. The molecule has 7 heteroatoms. The Bertz CT molecular complexity index is 940. The van der Waals surface area contributed by atoms with Crippen molar-refractivity contribution in [3.8, 4) is 5.75 Å². The summed E-state index contributed by atoms with van der Waals surface area (Å²) < 4.78 is 16.1. The van der Waals surface area contributed by atoms with Gasteiger partial charge in [0.05, 0.1) is 12.5 Å². The fourth-order valence-electron chi connectivity index (χ4n) is 3.51. The fourth-order valence-corrected chi connectivity index (χ4v) is 3.51. The quantitative estimate of drug-likeness (QED) is 0.579. The summed E-state index contributed by atoms with van der Waals surface area (Å²) >= 11 is 0. The molecule has 1 aromatic heterocycles. The highest BCUT2D eigenvalue weighted by atomic mass is 16.5. The van der Waals surface area contributed by atoms with Crippen LogP contribution in [0, 0.1) is 19.8 Å². The highest BCUT2D eigenvalue weighted by molar-refractivity contribution is 5.85. The third-order valence-corrected chi connectivity index (χ3v) is 5.14. The van der Waals surface area contributed by atoms with Crippen molar-refractivity contribution in [1.29, 1.82) is 0 Å². The Morgan fingerprint density at radius 1 is 1.21 bits per heavy atom. The number of carbonyl (C=O) groups is 2. The summed E-state index contributed by atoms with van der Waals surface area (Å²) in [5.41, 5.74) is 1.59. The van der Waals surface area contributed by atoms with Crippen LogP contribution in [0.4, 0.5) is 0 Å². The van der Waals surface area contributed by atoms with Crippen LogP contribution in [0.3, 0.4) is 0 Å². The van der Waals surface area contributed by atoms with Crippen LogP contribution < -0.4 is 10.4 Å². The van der Waals surface area contributed by atoms with Crippen molar-refractivity contribution in [1.82, 2.24) is 4.90 Å². The third kappa shape index (κ3) is 4.18. The molecule has 1 saturated heterocycles. The van der Waals surface area contributed by atoms with Gasteiger partial charge in [0.1, 0.15) is 11.3 Å². The predicted octanol–water partition coefficient (Wildman–Crippen LogP) is 2.59. The van der Waals surface area contributed by atoms with E-state index in [9.17, 15) is 14.4 Å². The minimum absolute atomic E-state index is 0.105. The Morgan fingerprint density at radius 2 is 1.93 bits per heavy atom. The summed E-state index contributed by atoms with van der Waals surface area (Å²) in [6.07, 6.45) is 1.20. The molecule has 1 aliphatic heterocycles. The summed E-state index contributed by atoms with van der Waals surface area (Å²) in [5, 5.41) is 0.844. The van der Waals surface area contributed by atoms with Crippen LogP contribution >= 0.6 is 0 Å². The van der Waals surface area contributed by atoms with Gasteiger partial charge in [-0.1, -0.05) is 0 Å². The Hall–Kier alpha value is -2.83. The van der Waals surface area contributed by atoms with Gasteiger partial charge >= 0.3 is 11.6 Å². The van der Waals surface area contributed by atoms with Crippen molar-refractivity contribution in [2.75, 3.05) is 26.3 Å². The number of benzene rings is 1. The summed E-state index contributed by atoms with van der Waals surface area (Å²) in [4.78, 5) is 37.6. The van der Waals surface area contributed by atoms with E-state index in [-0.39, 0.29) is 24.4 Å². The first-order chi connectivity index (χ1) is 13.4. The van der Waals surface area contributed by atoms with Gasteiger partial charge in [-0.3, -0.25) is 9.59 Å². The van der Waals surface area contributed by atoms with Gasteiger partial charge < -0.3 is 18.8 Å². The zero-order chi connectivity index (χ0) is 20.3. The molecule has 28 heavy (non-hydrogen) atoms. The van der Waals surface area contributed by atoms with Crippen LogP contribution in [0.2, 0.25) is 0 Å². The molecule has 7 nitrogen and oxygen atoms in total. The maximum atomic E-state index is 12.5. The van der Waals surface area contributed by atoms with Gasteiger partial charge in [0.2, 0.25) is 0 Å². The van der Waals surface area contributed by atoms with E-state index in [2.05, 4.69) is 0 Å². The Balaban J connectivity index is 1.62. The molecule has 0 bridgehead atoms. The van der Waals surface area contributed by atoms with E-state index in [4.69, 9.17) is 13.9 Å². The zero-order valence-electron chi connectivity index (χ0n) is 16.4. The van der Waals surface area contributed by atoms with Crippen LogP contribution in [0.5, 0.6) is 5.75 Å². The normalized spacial score (nSPS) is 14.9. The van der Waals surface area contributed by atoms with Crippen molar-refractivity contribution in [3.63, 3.8) is 0 Å². The van der Waals surface area contributed by atoms with Crippen LogP contribution in [-0.2, 0) is 14.3 Å². The van der Waals surface area contributed by atoms with E-state index in [1.54, 1.807) is 24.8 Å². The number of piperidine rings is 1. The van der Waals surface area contributed by atoms with E-state index in [0.717, 1.165) is 10.9 Å². The van der Waals surface area contributed by atoms with Gasteiger partial charge in [0.15, 0.2) is 6.61 Å². The van der Waals surface area contributed by atoms with E-state index in [1.165, 1.54) is 6.07 Å². The van der Waals surface area contributed by atoms with Crippen LogP contribution in [0.25, 0.3) is 11.0 Å². The number of carbonyl (C=O) groups excluding carboxylic acids is 2. The van der Waals surface area contributed by atoms with E-state index < -0.39 is 5.63 Å². The Morgan fingerprint density at radius 3 is 2.61 bits per heavy atom. The number of likely N-dealkylation sites (tertiary alicyclic amines) is 1. The lowest BCUT2D eigenvalue weighted by molar-refractivity contribution is -0.151. The number of hydrogen-bond acceptors (Lipinski definition) is 6. The molecule has 0 spiro atoms. The van der Waals surface area contributed by atoms with Gasteiger partial charge in [-0.2, -0.15) is 0 Å². The van der Waals surface area contributed by atoms with Crippen molar-refractivity contribution < 1.29 is 23.5 Å². The SMILES string of the molecule is CCOC(=O)C1CCN(C(=O)COc2ccc3c(C)cc(=O)oc3c2C)CC1. The summed E-state index contributed by atoms with van der Waals surface area (Å²) in [6, 6.07) is 5.06. The first-order valence-corrected chi connectivity index (χ1v) is 9.52. The maximum Gasteiger partial charge on any atom is 0.336 e. The molecule has 0 saturated carbocycles. The van der Waals surface area contributed by atoms with E-state index in [0.29, 0.717) is 49.4 Å². The summed E-state index contributed by atoms with van der Waals surface area (Å²) in [6.45, 7) is 6.73. The van der Waals surface area contributed by atoms with Gasteiger partial charge in [-0.15, -0.1) is 0 Å². The predicted molar refractivity (Wildman–Crippen MR) is 103 cm³/mol. The lowest BCUT2D eigenvalue weighted by Crippen LogP contribution is -2.42. The van der Waals surface area contributed by atoms with Crippen molar-refractivity contribution >= 4 is 22.8 Å². The first kappa shape index (κ1) is 19.9. The minimum Gasteiger partial charge on any atom is -0.483 e.